The Morgan fingerprint density at radius 3 is 2.44 bits per heavy atom. The highest BCUT2D eigenvalue weighted by Gasteiger charge is 2.45. The van der Waals surface area contributed by atoms with Gasteiger partial charge in [-0.2, -0.15) is 0 Å². The number of hydrogen-bond acceptors (Lipinski definition) is 2. The fraction of sp³-hybridized carbons (Fsp3) is 0.655. The average molecular weight is 469 g/mol. The average Bonchev–Trinajstić information content (AvgIpc) is 3.26. The molecule has 0 aromatic heterocycles. The van der Waals surface area contributed by atoms with Gasteiger partial charge in [-0.15, -0.1) is 0 Å². The van der Waals surface area contributed by atoms with Crippen LogP contribution in [0.1, 0.15) is 97.3 Å². The maximum absolute atomic E-state index is 13.4. The van der Waals surface area contributed by atoms with Gasteiger partial charge < -0.3 is 10.4 Å². The molecule has 3 rings (SSSR count). The van der Waals surface area contributed by atoms with Crippen LogP contribution in [0.2, 0.25) is 0 Å². The molecule has 5 nitrogen and oxygen atoms in total. The van der Waals surface area contributed by atoms with Gasteiger partial charge in [0, 0.05) is 12.2 Å². The zero-order chi connectivity index (χ0) is 25.3. The first-order valence-corrected chi connectivity index (χ1v) is 13.1. The first-order chi connectivity index (χ1) is 15.9. The number of carboxylic acid groups (broad SMARTS) is 1. The Morgan fingerprint density at radius 2 is 1.91 bits per heavy atom. The van der Waals surface area contributed by atoms with Crippen molar-refractivity contribution in [3.8, 4) is 0 Å². The Bertz CT molecular complexity index is 943. The fourth-order valence-electron chi connectivity index (χ4n) is 5.70. The minimum atomic E-state index is -0.755. The van der Waals surface area contributed by atoms with Gasteiger partial charge in [-0.25, -0.2) is 4.79 Å². The zero-order valence-electron chi connectivity index (χ0n) is 22.2. The second-order valence-electron chi connectivity index (χ2n) is 11.7. The fourth-order valence-corrected chi connectivity index (χ4v) is 5.70. The summed E-state index contributed by atoms with van der Waals surface area (Å²) >= 11 is 0. The molecule has 2 N–H and O–H groups in total. The van der Waals surface area contributed by atoms with Gasteiger partial charge in [0.25, 0.3) is 0 Å². The molecule has 1 aliphatic heterocycles. The molecular weight excluding hydrogens is 424 g/mol. The van der Waals surface area contributed by atoms with Crippen LogP contribution in [-0.4, -0.2) is 28.0 Å². The summed E-state index contributed by atoms with van der Waals surface area (Å²) in [7, 11) is 0. The topological polar surface area (TPSA) is 69.6 Å². The van der Waals surface area contributed by atoms with Crippen molar-refractivity contribution in [1.82, 2.24) is 10.2 Å². The van der Waals surface area contributed by atoms with Crippen LogP contribution in [0.4, 0.5) is 4.79 Å². The summed E-state index contributed by atoms with van der Waals surface area (Å²) in [6.45, 7) is 15.6. The van der Waals surface area contributed by atoms with Gasteiger partial charge in [0.1, 0.15) is 0 Å². The number of aryl methyl sites for hydroxylation is 2. The van der Waals surface area contributed by atoms with Gasteiger partial charge in [0.2, 0.25) is 0 Å². The van der Waals surface area contributed by atoms with Crippen molar-refractivity contribution in [2.75, 3.05) is 0 Å². The molecule has 3 atom stereocenters. The second kappa shape index (κ2) is 10.1. The van der Waals surface area contributed by atoms with Crippen LogP contribution in [0.5, 0.6) is 0 Å². The third kappa shape index (κ3) is 5.34. The molecule has 0 saturated heterocycles. The highest BCUT2D eigenvalue weighted by atomic mass is 16.4. The molecular formula is C29H44N2O3. The summed E-state index contributed by atoms with van der Waals surface area (Å²) in [5.74, 6) is -0.876. The molecule has 2 aliphatic rings. The summed E-state index contributed by atoms with van der Waals surface area (Å²) < 4.78 is 0. The maximum Gasteiger partial charge on any atom is 0.322 e. The summed E-state index contributed by atoms with van der Waals surface area (Å²) in [6.07, 6.45) is 7.85. The van der Waals surface area contributed by atoms with Gasteiger partial charge in [-0.3, -0.25) is 9.69 Å². The number of carbonyl (C=O) groups excluding carboxylic acids is 1. The van der Waals surface area contributed by atoms with E-state index in [4.69, 9.17) is 0 Å². The summed E-state index contributed by atoms with van der Waals surface area (Å²) in [5.41, 5.74) is 4.85. The molecule has 188 valence electrons. The number of amides is 2. The van der Waals surface area contributed by atoms with Gasteiger partial charge in [-0.05, 0) is 78.5 Å². The van der Waals surface area contributed by atoms with Crippen LogP contribution in [-0.2, 0) is 23.2 Å². The lowest BCUT2D eigenvalue weighted by molar-refractivity contribution is -0.141. The number of rotatable bonds is 8. The van der Waals surface area contributed by atoms with Crippen molar-refractivity contribution in [2.45, 2.75) is 105 Å². The van der Waals surface area contributed by atoms with Gasteiger partial charge >= 0.3 is 12.0 Å². The Kier molecular flexibility index (Phi) is 7.84. The van der Waals surface area contributed by atoms with E-state index in [9.17, 15) is 14.7 Å². The van der Waals surface area contributed by atoms with E-state index >= 15 is 0 Å². The zero-order valence-corrected chi connectivity index (χ0v) is 22.2. The Hall–Kier alpha value is -2.30. The van der Waals surface area contributed by atoms with Gasteiger partial charge in [0.15, 0.2) is 0 Å². The van der Waals surface area contributed by atoms with Gasteiger partial charge in [-0.1, -0.05) is 66.7 Å². The minimum absolute atomic E-state index is 0.0596. The number of benzene rings is 1. The second-order valence-corrected chi connectivity index (χ2v) is 11.7. The van der Waals surface area contributed by atoms with E-state index in [1.165, 1.54) is 16.7 Å². The first kappa shape index (κ1) is 26.3. The number of carboxylic acids is 1. The van der Waals surface area contributed by atoms with Crippen LogP contribution >= 0.6 is 0 Å². The molecule has 34 heavy (non-hydrogen) atoms. The summed E-state index contributed by atoms with van der Waals surface area (Å²) in [5, 5.41) is 12.8. The lowest BCUT2D eigenvalue weighted by Gasteiger charge is -2.46. The normalized spacial score (nSPS) is 25.5. The molecule has 2 unspecified atom stereocenters. The molecule has 1 saturated carbocycles. The highest BCUT2D eigenvalue weighted by Crippen LogP contribution is 2.42. The van der Waals surface area contributed by atoms with E-state index < -0.39 is 11.5 Å². The van der Waals surface area contributed by atoms with E-state index in [2.05, 4.69) is 72.0 Å². The Morgan fingerprint density at radius 1 is 1.21 bits per heavy atom. The summed E-state index contributed by atoms with van der Waals surface area (Å²) in [4.78, 5) is 26.7. The SMILES string of the molecule is CCc1cc([C@]2(CC)NC(=O)N(C3CCC(C(=O)O)C3)C=C2C(C)C)ccc1CCC(C)(C)C. The number of nitrogens with zero attached hydrogens (tertiary/aromatic N) is 1. The molecule has 1 aliphatic carbocycles. The quantitative estimate of drug-likeness (QED) is 0.449. The largest absolute Gasteiger partial charge is 0.481 e. The van der Waals surface area contributed by atoms with Crippen LogP contribution in [0.3, 0.4) is 0 Å². The molecule has 2 amide bonds. The molecule has 0 bridgehead atoms. The molecule has 1 heterocycles. The maximum atomic E-state index is 13.4. The van der Waals surface area contributed by atoms with E-state index in [1.807, 2.05) is 6.20 Å². The standard InChI is InChI=1S/C29H44N2O3/c1-8-20-16-23(12-10-21(20)14-15-28(5,6)7)29(9-2)25(19(3)4)18-31(27(34)30-29)24-13-11-22(17-24)26(32)33/h10,12,16,18-19,22,24H,8-9,11,13-15,17H2,1-7H3,(H,30,34)(H,32,33)/t22?,24?,29-/m0/s1. The van der Waals surface area contributed by atoms with Gasteiger partial charge in [0.05, 0.1) is 11.5 Å². The number of hydrogen-bond donors (Lipinski definition) is 2. The Labute approximate surface area is 206 Å². The highest BCUT2D eigenvalue weighted by molar-refractivity contribution is 5.80. The molecule has 1 aromatic carbocycles. The van der Waals surface area contributed by atoms with E-state index in [0.29, 0.717) is 18.3 Å². The molecule has 5 heteroatoms. The predicted octanol–water partition coefficient (Wildman–Crippen LogP) is 6.65. The third-order valence-electron chi connectivity index (χ3n) is 7.85. The number of nitrogens with one attached hydrogen (secondary N) is 1. The van der Waals surface area contributed by atoms with E-state index in [0.717, 1.165) is 37.7 Å². The minimum Gasteiger partial charge on any atom is -0.481 e. The lowest BCUT2D eigenvalue weighted by atomic mass is 9.74. The molecule has 0 radical (unpaired) electrons. The summed E-state index contributed by atoms with van der Waals surface area (Å²) in [6, 6.07) is 6.61. The number of aliphatic carboxylic acids is 1. The molecule has 1 fully saturated rings. The van der Waals surface area contributed by atoms with Crippen molar-refractivity contribution >= 4 is 12.0 Å². The molecule has 0 spiro atoms. The first-order valence-electron chi connectivity index (χ1n) is 13.1. The van der Waals surface area contributed by atoms with Crippen molar-refractivity contribution in [2.24, 2.45) is 17.3 Å². The smallest absolute Gasteiger partial charge is 0.322 e. The third-order valence-corrected chi connectivity index (χ3v) is 7.85. The van der Waals surface area contributed by atoms with E-state index in [-0.39, 0.29) is 23.9 Å². The van der Waals surface area contributed by atoms with Crippen LogP contribution < -0.4 is 5.32 Å². The Balaban J connectivity index is 1.99. The number of urea groups is 1. The monoisotopic (exact) mass is 468 g/mol. The van der Waals surface area contributed by atoms with E-state index in [1.54, 1.807) is 4.90 Å². The van der Waals surface area contributed by atoms with Crippen LogP contribution in [0, 0.1) is 17.3 Å². The van der Waals surface area contributed by atoms with Crippen LogP contribution in [0.15, 0.2) is 30.0 Å². The van der Waals surface area contributed by atoms with Crippen molar-refractivity contribution < 1.29 is 14.7 Å². The molecule has 1 aromatic rings. The lowest BCUT2D eigenvalue weighted by Crippen LogP contribution is -2.57. The van der Waals surface area contributed by atoms with Crippen molar-refractivity contribution in [1.29, 1.82) is 0 Å². The van der Waals surface area contributed by atoms with Crippen molar-refractivity contribution in [3.05, 3.63) is 46.7 Å². The number of carbonyl (C=O) groups is 2. The van der Waals surface area contributed by atoms with Crippen molar-refractivity contribution in [3.63, 3.8) is 0 Å². The predicted molar refractivity (Wildman–Crippen MR) is 138 cm³/mol. The van der Waals surface area contributed by atoms with Crippen LogP contribution in [0.25, 0.3) is 0 Å².